The van der Waals surface area contributed by atoms with Gasteiger partial charge in [0.05, 0.1) is 17.0 Å². The van der Waals surface area contributed by atoms with E-state index < -0.39 is 11.7 Å². The highest BCUT2D eigenvalue weighted by atomic mass is 35.5. The number of amides is 2. The fourth-order valence-electron chi connectivity index (χ4n) is 1.95. The third-order valence-corrected chi connectivity index (χ3v) is 3.57. The van der Waals surface area contributed by atoms with Crippen LogP contribution in [0.25, 0.3) is 0 Å². The summed E-state index contributed by atoms with van der Waals surface area (Å²) < 4.78 is 13.7. The number of carbonyl (C=O) groups is 2. The van der Waals surface area contributed by atoms with Crippen LogP contribution in [0, 0.1) is 5.82 Å². The van der Waals surface area contributed by atoms with Crippen LogP contribution in [-0.2, 0) is 11.2 Å². The van der Waals surface area contributed by atoms with Gasteiger partial charge in [0.25, 0.3) is 5.91 Å². The lowest BCUT2D eigenvalue weighted by Crippen LogP contribution is -2.23. The Balaban J connectivity index is 2.09. The summed E-state index contributed by atoms with van der Waals surface area (Å²) >= 11 is 5.86. The first-order chi connectivity index (χ1) is 10.9. The van der Waals surface area contributed by atoms with Gasteiger partial charge in [-0.2, -0.15) is 0 Å². The van der Waals surface area contributed by atoms with Gasteiger partial charge in [-0.05, 0) is 29.8 Å². The lowest BCUT2D eigenvalue weighted by molar-refractivity contribution is -0.127. The third-order valence-electron chi connectivity index (χ3n) is 3.26. The van der Waals surface area contributed by atoms with Gasteiger partial charge in [-0.15, -0.1) is 0 Å². The molecule has 2 aromatic carbocycles. The first-order valence-electron chi connectivity index (χ1n) is 6.93. The summed E-state index contributed by atoms with van der Waals surface area (Å²) in [5.41, 5.74) is 1.13. The van der Waals surface area contributed by atoms with Crippen LogP contribution >= 0.6 is 11.6 Å². The lowest BCUT2D eigenvalue weighted by Gasteiger charge is -2.11. The molecule has 0 radical (unpaired) electrons. The highest BCUT2D eigenvalue weighted by Crippen LogP contribution is 2.20. The molecule has 0 fully saturated rings. The summed E-state index contributed by atoms with van der Waals surface area (Å²) in [7, 11) is 3.38. The van der Waals surface area contributed by atoms with Gasteiger partial charge in [-0.3, -0.25) is 9.59 Å². The summed E-state index contributed by atoms with van der Waals surface area (Å²) in [5, 5.41) is 2.64. The van der Waals surface area contributed by atoms with Crippen molar-refractivity contribution in [3.05, 3.63) is 64.4 Å². The Kier molecular flexibility index (Phi) is 5.34. The van der Waals surface area contributed by atoms with Crippen LogP contribution in [0.5, 0.6) is 0 Å². The van der Waals surface area contributed by atoms with Crippen LogP contribution in [0.2, 0.25) is 5.02 Å². The quantitative estimate of drug-likeness (QED) is 0.932. The van der Waals surface area contributed by atoms with Crippen LogP contribution in [0.1, 0.15) is 15.9 Å². The number of rotatable bonds is 4. The molecule has 0 aliphatic rings. The molecule has 1 N–H and O–H groups in total. The number of hydrogen-bond acceptors (Lipinski definition) is 2. The zero-order chi connectivity index (χ0) is 17.0. The zero-order valence-electron chi connectivity index (χ0n) is 12.8. The normalized spacial score (nSPS) is 10.3. The Morgan fingerprint density at radius 1 is 1.13 bits per heavy atom. The van der Waals surface area contributed by atoms with Gasteiger partial charge < -0.3 is 10.2 Å². The topological polar surface area (TPSA) is 49.4 Å². The molecule has 2 aromatic rings. The van der Waals surface area contributed by atoms with Crippen molar-refractivity contribution in [3.8, 4) is 0 Å². The fraction of sp³-hybridized carbons (Fsp3) is 0.176. The van der Waals surface area contributed by atoms with Crippen LogP contribution < -0.4 is 5.32 Å². The summed E-state index contributed by atoms with van der Waals surface area (Å²) in [6, 6.07) is 10.9. The standard InChI is InChI=1S/C17H16ClFN2O2/c1-21(2)15(22)10-11-6-8-12(9-7-11)20-17(23)16-13(18)4-3-5-14(16)19/h3-9H,10H2,1-2H3,(H,20,23). The zero-order valence-corrected chi connectivity index (χ0v) is 13.5. The van der Waals surface area contributed by atoms with Crippen LogP contribution in [0.3, 0.4) is 0 Å². The van der Waals surface area contributed by atoms with Crippen LogP contribution in [0.4, 0.5) is 10.1 Å². The maximum absolute atomic E-state index is 13.7. The summed E-state index contributed by atoms with van der Waals surface area (Å²) in [6.07, 6.45) is 0.278. The van der Waals surface area contributed by atoms with Crippen molar-refractivity contribution in [1.29, 1.82) is 0 Å². The summed E-state index contributed by atoms with van der Waals surface area (Å²) in [5.74, 6) is -1.31. The van der Waals surface area contributed by atoms with E-state index in [4.69, 9.17) is 11.6 Å². The molecule has 120 valence electrons. The van der Waals surface area contributed by atoms with E-state index in [1.807, 2.05) is 0 Å². The minimum atomic E-state index is -0.678. The van der Waals surface area contributed by atoms with Gasteiger partial charge in [0, 0.05) is 19.8 Å². The number of nitrogens with zero attached hydrogens (tertiary/aromatic N) is 1. The van der Waals surface area contributed by atoms with E-state index in [0.717, 1.165) is 5.56 Å². The molecule has 4 nitrogen and oxygen atoms in total. The second kappa shape index (κ2) is 7.24. The fourth-order valence-corrected chi connectivity index (χ4v) is 2.20. The SMILES string of the molecule is CN(C)C(=O)Cc1ccc(NC(=O)c2c(F)cccc2Cl)cc1. The third kappa shape index (κ3) is 4.29. The number of likely N-dealkylation sites (N-methyl/N-ethyl adjacent to an activating group) is 1. The van der Waals surface area contributed by atoms with E-state index in [-0.39, 0.29) is 22.9 Å². The second-order valence-corrected chi connectivity index (χ2v) is 5.62. The molecule has 0 aliphatic carbocycles. The average molecular weight is 335 g/mol. The Morgan fingerprint density at radius 2 is 1.78 bits per heavy atom. The molecule has 0 saturated heterocycles. The Bertz CT molecular complexity index is 710. The molecule has 0 atom stereocenters. The lowest BCUT2D eigenvalue weighted by atomic mass is 10.1. The molecule has 0 bridgehead atoms. The predicted molar refractivity (Wildman–Crippen MR) is 88.2 cm³/mol. The van der Waals surface area contributed by atoms with E-state index in [9.17, 15) is 14.0 Å². The first-order valence-corrected chi connectivity index (χ1v) is 7.30. The highest BCUT2D eigenvalue weighted by Gasteiger charge is 2.15. The van der Waals surface area contributed by atoms with Crippen molar-refractivity contribution in [1.82, 2.24) is 4.90 Å². The Morgan fingerprint density at radius 3 is 2.35 bits per heavy atom. The predicted octanol–water partition coefficient (Wildman–Crippen LogP) is 3.36. The van der Waals surface area contributed by atoms with E-state index in [1.165, 1.54) is 23.1 Å². The summed E-state index contributed by atoms with van der Waals surface area (Å²) in [6.45, 7) is 0. The van der Waals surface area contributed by atoms with E-state index in [0.29, 0.717) is 5.69 Å². The Labute approximate surface area is 138 Å². The molecule has 0 heterocycles. The number of nitrogens with one attached hydrogen (secondary N) is 1. The van der Waals surface area contributed by atoms with Crippen molar-refractivity contribution < 1.29 is 14.0 Å². The van der Waals surface area contributed by atoms with Crippen molar-refractivity contribution in [2.45, 2.75) is 6.42 Å². The van der Waals surface area contributed by atoms with Gasteiger partial charge in [0.2, 0.25) is 5.91 Å². The van der Waals surface area contributed by atoms with Gasteiger partial charge in [-0.25, -0.2) is 4.39 Å². The number of halogens is 2. The van der Waals surface area contributed by atoms with Crippen LogP contribution in [-0.4, -0.2) is 30.8 Å². The van der Waals surface area contributed by atoms with Crippen LogP contribution in [0.15, 0.2) is 42.5 Å². The van der Waals surface area contributed by atoms with Gasteiger partial charge >= 0.3 is 0 Å². The molecule has 0 aliphatic heterocycles. The smallest absolute Gasteiger partial charge is 0.260 e. The molecule has 0 saturated carbocycles. The van der Waals surface area contributed by atoms with Crippen molar-refractivity contribution >= 4 is 29.1 Å². The van der Waals surface area contributed by atoms with E-state index in [2.05, 4.69) is 5.32 Å². The van der Waals surface area contributed by atoms with Gasteiger partial charge in [0.15, 0.2) is 0 Å². The minimum absolute atomic E-state index is 0.0140. The largest absolute Gasteiger partial charge is 0.349 e. The first kappa shape index (κ1) is 17.0. The maximum Gasteiger partial charge on any atom is 0.260 e. The number of hydrogen-bond donors (Lipinski definition) is 1. The number of carbonyl (C=O) groups excluding carboxylic acids is 2. The molecule has 2 rings (SSSR count). The molecule has 0 aromatic heterocycles. The molecular weight excluding hydrogens is 319 g/mol. The number of anilines is 1. The summed E-state index contributed by atoms with van der Waals surface area (Å²) in [4.78, 5) is 25.3. The van der Waals surface area contributed by atoms with Crippen molar-refractivity contribution in [3.63, 3.8) is 0 Å². The van der Waals surface area contributed by atoms with Gasteiger partial charge in [-0.1, -0.05) is 29.8 Å². The molecule has 23 heavy (non-hydrogen) atoms. The molecule has 2 amide bonds. The molecule has 0 spiro atoms. The maximum atomic E-state index is 13.7. The van der Waals surface area contributed by atoms with Crippen molar-refractivity contribution in [2.75, 3.05) is 19.4 Å². The highest BCUT2D eigenvalue weighted by molar-refractivity contribution is 6.34. The van der Waals surface area contributed by atoms with E-state index >= 15 is 0 Å². The monoisotopic (exact) mass is 334 g/mol. The van der Waals surface area contributed by atoms with Gasteiger partial charge in [0.1, 0.15) is 5.82 Å². The van der Waals surface area contributed by atoms with E-state index in [1.54, 1.807) is 38.4 Å². The second-order valence-electron chi connectivity index (χ2n) is 5.21. The average Bonchev–Trinajstić information content (AvgIpc) is 2.49. The van der Waals surface area contributed by atoms with Crippen molar-refractivity contribution in [2.24, 2.45) is 0 Å². The number of benzene rings is 2. The molecule has 0 unspecified atom stereocenters. The molecule has 6 heteroatoms. The molecular formula is C17H16ClFN2O2. The minimum Gasteiger partial charge on any atom is -0.349 e. The Hall–Kier alpha value is -2.40.